The van der Waals surface area contributed by atoms with Crippen LogP contribution in [0.2, 0.25) is 0 Å². The number of likely N-dealkylation sites (tertiary alicyclic amines) is 1. The Hall–Kier alpha value is -6.53. The molecule has 69 heavy (non-hydrogen) atoms. The fourth-order valence-corrected chi connectivity index (χ4v) is 9.79. The standard InChI is InChI=1S/C51H63N11O6S/c1-30-45(69-29-56-30)32-10-8-31(9-11-32)25-55-49(67)41-23-37(63)28-62(41)50(68)46(51(2,3)4)61-44(64)7-5-6-21-53-47(65)33-12-15-36(16-13-33)58-48(66)38-27-54-43(24-40(38)57-35-17-18-35)60-42-19-14-34-26-52-22-20-39(34)59-42/h8-11,14,19-20,22,24,26-27,29,33,35-37,41,46,63H,5-7,12-13,15-18,21,23,25,28H2,1-4H3,(H,53,65)(H,55,67)(H,58,66)(H,61,64)(H2,54,57,59,60)/t33?,36?,37-,41+,46+/m1/s1. The molecule has 3 atom stereocenters. The summed E-state index contributed by atoms with van der Waals surface area (Å²) in [5.74, 6) is -0.282. The maximum Gasteiger partial charge on any atom is 0.255 e. The zero-order valence-corrected chi connectivity index (χ0v) is 40.5. The molecule has 1 aliphatic heterocycles. The van der Waals surface area contributed by atoms with Gasteiger partial charge in [-0.2, -0.15) is 0 Å². The largest absolute Gasteiger partial charge is 0.391 e. The monoisotopic (exact) mass is 957 g/mol. The first-order valence-corrected chi connectivity index (χ1v) is 24.9. The summed E-state index contributed by atoms with van der Waals surface area (Å²) in [5, 5.41) is 30.3. The lowest BCUT2D eigenvalue weighted by molar-refractivity contribution is -0.144. The van der Waals surface area contributed by atoms with E-state index in [0.29, 0.717) is 74.0 Å². The van der Waals surface area contributed by atoms with E-state index in [1.165, 1.54) is 4.90 Å². The number of thiazole rings is 1. The van der Waals surface area contributed by atoms with Gasteiger partial charge in [0.1, 0.15) is 23.7 Å². The van der Waals surface area contributed by atoms with Crippen LogP contribution in [0.1, 0.15) is 107 Å². The third kappa shape index (κ3) is 12.8. The summed E-state index contributed by atoms with van der Waals surface area (Å²) < 4.78 is 0. The first-order chi connectivity index (χ1) is 33.2. The van der Waals surface area contributed by atoms with Gasteiger partial charge < -0.3 is 41.9 Å². The Labute approximate surface area is 406 Å². The van der Waals surface area contributed by atoms with Crippen LogP contribution in [-0.2, 0) is 25.7 Å². The average molecular weight is 958 g/mol. The van der Waals surface area contributed by atoms with Gasteiger partial charge in [-0.3, -0.25) is 29.0 Å². The van der Waals surface area contributed by atoms with Gasteiger partial charge in [-0.1, -0.05) is 45.0 Å². The number of β-amino-alcohol motifs (C(OH)–C–C–N with tert-alkyl or cyclic N) is 1. The van der Waals surface area contributed by atoms with Crippen LogP contribution in [0.15, 0.2) is 72.6 Å². The van der Waals surface area contributed by atoms with Gasteiger partial charge in [-0.15, -0.1) is 11.3 Å². The topological polar surface area (TPSA) is 233 Å². The van der Waals surface area contributed by atoms with Crippen LogP contribution in [0.25, 0.3) is 21.3 Å². The molecular formula is C51H63N11O6S. The summed E-state index contributed by atoms with van der Waals surface area (Å²) >= 11 is 1.57. The Morgan fingerprint density at radius 3 is 2.36 bits per heavy atom. The third-order valence-electron chi connectivity index (χ3n) is 13.1. The van der Waals surface area contributed by atoms with Crippen molar-refractivity contribution in [2.75, 3.05) is 23.7 Å². The van der Waals surface area contributed by atoms with Gasteiger partial charge in [0.2, 0.25) is 23.6 Å². The van der Waals surface area contributed by atoms with Crippen LogP contribution in [-0.4, -0.2) is 103 Å². The summed E-state index contributed by atoms with van der Waals surface area (Å²) in [6.07, 6.45) is 10.2. The zero-order valence-electron chi connectivity index (χ0n) is 39.7. The van der Waals surface area contributed by atoms with E-state index in [0.717, 1.165) is 45.4 Å². The number of carbonyl (C=O) groups is 5. The minimum Gasteiger partial charge on any atom is -0.391 e. The van der Waals surface area contributed by atoms with Crippen molar-refractivity contribution in [3.05, 3.63) is 89.5 Å². The predicted molar refractivity (Wildman–Crippen MR) is 265 cm³/mol. The van der Waals surface area contributed by atoms with Crippen LogP contribution >= 0.6 is 11.3 Å². The predicted octanol–water partition coefficient (Wildman–Crippen LogP) is 6.16. The Kier molecular flexibility index (Phi) is 15.5. The number of rotatable bonds is 18. The molecule has 5 amide bonds. The van der Waals surface area contributed by atoms with Crippen LogP contribution in [0.5, 0.6) is 0 Å². The Morgan fingerprint density at radius 2 is 1.64 bits per heavy atom. The molecule has 2 saturated carbocycles. The molecule has 364 valence electrons. The number of aliphatic hydroxyl groups excluding tert-OH is 1. The van der Waals surface area contributed by atoms with Crippen molar-refractivity contribution in [2.24, 2.45) is 11.3 Å². The second kappa shape index (κ2) is 21.8. The Morgan fingerprint density at radius 1 is 0.870 bits per heavy atom. The number of hydrogen-bond acceptors (Lipinski definition) is 13. The number of carbonyl (C=O) groups excluding carboxylic acids is 5. The van der Waals surface area contributed by atoms with Crippen molar-refractivity contribution in [1.29, 1.82) is 0 Å². The number of pyridine rings is 3. The van der Waals surface area contributed by atoms with Crippen LogP contribution in [0.4, 0.5) is 17.3 Å². The molecule has 1 aromatic carbocycles. The number of anilines is 3. The molecule has 7 N–H and O–H groups in total. The molecule has 18 heteroatoms. The van der Waals surface area contributed by atoms with E-state index in [9.17, 15) is 29.1 Å². The van der Waals surface area contributed by atoms with Gasteiger partial charge in [-0.25, -0.2) is 15.0 Å². The summed E-state index contributed by atoms with van der Waals surface area (Å²) in [7, 11) is 0. The summed E-state index contributed by atoms with van der Waals surface area (Å²) in [6.45, 7) is 8.19. The molecule has 0 radical (unpaired) electrons. The number of aromatic nitrogens is 4. The van der Waals surface area contributed by atoms with Gasteiger partial charge in [0.15, 0.2) is 0 Å². The van der Waals surface area contributed by atoms with E-state index >= 15 is 0 Å². The Bertz CT molecular complexity index is 2640. The van der Waals surface area contributed by atoms with Gasteiger partial charge >= 0.3 is 0 Å². The third-order valence-corrected chi connectivity index (χ3v) is 14.1. The molecule has 8 rings (SSSR count). The van der Waals surface area contributed by atoms with Crippen molar-refractivity contribution >= 4 is 69.1 Å². The number of nitrogens with one attached hydrogen (secondary N) is 6. The van der Waals surface area contributed by atoms with Gasteiger partial charge in [-0.05, 0) is 93.0 Å². The number of aryl methyl sites for hydroxylation is 1. The molecule has 0 bridgehead atoms. The lowest BCUT2D eigenvalue weighted by atomic mass is 9.85. The van der Waals surface area contributed by atoms with Gasteiger partial charge in [0.25, 0.3) is 5.91 Å². The second-order valence-corrected chi connectivity index (χ2v) is 20.5. The van der Waals surface area contributed by atoms with Crippen molar-refractivity contribution in [1.82, 2.24) is 46.1 Å². The molecular weight excluding hydrogens is 895 g/mol. The highest BCUT2D eigenvalue weighted by Gasteiger charge is 2.44. The number of nitrogens with zero attached hydrogens (tertiary/aromatic N) is 5. The van der Waals surface area contributed by atoms with E-state index in [4.69, 9.17) is 0 Å². The fraction of sp³-hybridized carbons (Fsp3) is 0.471. The first-order valence-electron chi connectivity index (χ1n) is 24.1. The lowest BCUT2D eigenvalue weighted by Crippen LogP contribution is -2.57. The number of aliphatic hydroxyl groups is 1. The number of fused-ring (bicyclic) bond motifs is 1. The summed E-state index contributed by atoms with van der Waals surface area (Å²) in [5.41, 5.74) is 6.03. The average Bonchev–Trinajstić information content (AvgIpc) is 3.90. The second-order valence-electron chi connectivity index (χ2n) is 19.6. The quantitative estimate of drug-likeness (QED) is 0.0490. The molecule has 5 heterocycles. The first kappa shape index (κ1) is 48.9. The maximum absolute atomic E-state index is 14.1. The van der Waals surface area contributed by atoms with Crippen LogP contribution in [0.3, 0.4) is 0 Å². The van der Waals surface area contributed by atoms with Crippen molar-refractivity contribution in [3.8, 4) is 10.4 Å². The highest BCUT2D eigenvalue weighted by Crippen LogP contribution is 2.32. The van der Waals surface area contributed by atoms with Crippen molar-refractivity contribution in [3.63, 3.8) is 0 Å². The van der Waals surface area contributed by atoms with Gasteiger partial charge in [0.05, 0.1) is 39.0 Å². The molecule has 2 aliphatic carbocycles. The molecule has 5 aromatic rings. The number of amides is 5. The van der Waals surface area contributed by atoms with Crippen molar-refractivity contribution < 1.29 is 29.1 Å². The molecule has 4 aromatic heterocycles. The molecule has 0 spiro atoms. The Balaban J connectivity index is 0.747. The minimum absolute atomic E-state index is 0.00712. The number of hydrogen-bond donors (Lipinski definition) is 7. The molecule has 3 aliphatic rings. The number of benzene rings is 1. The maximum atomic E-state index is 14.1. The van der Waals surface area contributed by atoms with Crippen LogP contribution < -0.4 is 31.9 Å². The minimum atomic E-state index is -0.924. The summed E-state index contributed by atoms with van der Waals surface area (Å²) in [6, 6.07) is 13.8. The highest BCUT2D eigenvalue weighted by molar-refractivity contribution is 7.13. The highest BCUT2D eigenvalue weighted by atomic mass is 32.1. The van der Waals surface area contributed by atoms with E-state index in [1.54, 1.807) is 29.9 Å². The van der Waals surface area contributed by atoms with Crippen molar-refractivity contribution in [2.45, 2.75) is 129 Å². The molecule has 0 unspecified atom stereocenters. The summed E-state index contributed by atoms with van der Waals surface area (Å²) in [4.78, 5) is 87.7. The molecule has 1 saturated heterocycles. The smallest absolute Gasteiger partial charge is 0.255 e. The molecule has 17 nitrogen and oxygen atoms in total. The zero-order chi connectivity index (χ0) is 48.7. The lowest BCUT2D eigenvalue weighted by Gasteiger charge is -2.35. The SMILES string of the molecule is Cc1ncsc1-c1ccc(CNC(=O)[C@@H]2C[C@@H](O)CN2C(=O)[C@H](NC(=O)CCCCNC(=O)C2CCC(NC(=O)c3cnc(Nc4ccc5cnccc5n4)cc3NC3CC3)CC2)C(C)(C)C)cc1. The molecule has 3 fully saturated rings. The van der Waals surface area contributed by atoms with E-state index in [2.05, 4.69) is 51.8 Å². The fourth-order valence-electron chi connectivity index (χ4n) is 8.98. The van der Waals surface area contributed by atoms with E-state index in [-0.39, 0.29) is 61.5 Å². The number of unbranched alkanes of at least 4 members (excludes halogenated alkanes) is 1. The van der Waals surface area contributed by atoms with Gasteiger partial charge in [0, 0.05) is 80.5 Å². The van der Waals surface area contributed by atoms with E-state index in [1.807, 2.05) is 81.7 Å². The van der Waals surface area contributed by atoms with Crippen LogP contribution in [0, 0.1) is 18.3 Å². The normalized spacial score (nSPS) is 19.6. The van der Waals surface area contributed by atoms with E-state index < -0.39 is 29.5 Å².